The monoisotopic (exact) mass is 250 g/mol. The molecule has 4 heteroatoms. The van der Waals surface area contributed by atoms with Gasteiger partial charge in [-0.3, -0.25) is 4.98 Å². The minimum atomic E-state index is -1.02. The lowest BCUT2D eigenvalue weighted by atomic mass is 10.1. The number of benzene rings is 1. The van der Waals surface area contributed by atoms with Crippen LogP contribution in [0.5, 0.6) is 0 Å². The summed E-state index contributed by atoms with van der Waals surface area (Å²) in [6, 6.07) is 13.1. The summed E-state index contributed by atoms with van der Waals surface area (Å²) in [6.45, 7) is 0. The fraction of sp³-hybridized carbons (Fsp3) is 0. The first-order valence-corrected chi connectivity index (χ1v) is 5.78. The summed E-state index contributed by atoms with van der Waals surface area (Å²) in [5, 5.41) is 9.89. The molecule has 2 aromatic heterocycles. The SMILES string of the molecule is O=C(O)c1ccc(-c2ccc3cccnc3c2)cn1. The van der Waals surface area contributed by atoms with E-state index in [-0.39, 0.29) is 5.69 Å². The third-order valence-electron chi connectivity index (χ3n) is 2.92. The van der Waals surface area contributed by atoms with Crippen molar-refractivity contribution in [2.75, 3.05) is 0 Å². The number of hydrogen-bond acceptors (Lipinski definition) is 3. The van der Waals surface area contributed by atoms with Crippen LogP contribution in [0.1, 0.15) is 10.5 Å². The molecule has 0 aliphatic heterocycles. The number of carbonyl (C=O) groups is 1. The lowest BCUT2D eigenvalue weighted by Gasteiger charge is -2.03. The molecule has 19 heavy (non-hydrogen) atoms. The largest absolute Gasteiger partial charge is 0.477 e. The van der Waals surface area contributed by atoms with Crippen molar-refractivity contribution in [1.82, 2.24) is 9.97 Å². The first-order valence-electron chi connectivity index (χ1n) is 5.78. The minimum absolute atomic E-state index is 0.0441. The topological polar surface area (TPSA) is 63.1 Å². The predicted molar refractivity (Wildman–Crippen MR) is 71.9 cm³/mol. The molecule has 0 radical (unpaired) electrons. The van der Waals surface area contributed by atoms with Crippen LogP contribution < -0.4 is 0 Å². The Hall–Kier alpha value is -2.75. The van der Waals surface area contributed by atoms with E-state index in [1.807, 2.05) is 30.3 Å². The number of pyridine rings is 2. The first kappa shape index (κ1) is 11.3. The molecule has 0 aliphatic rings. The molecule has 2 heterocycles. The highest BCUT2D eigenvalue weighted by atomic mass is 16.4. The van der Waals surface area contributed by atoms with Gasteiger partial charge in [0.1, 0.15) is 5.69 Å². The smallest absolute Gasteiger partial charge is 0.354 e. The molecule has 0 atom stereocenters. The van der Waals surface area contributed by atoms with E-state index < -0.39 is 5.97 Å². The molecule has 0 spiro atoms. The summed E-state index contributed by atoms with van der Waals surface area (Å²) in [5.41, 5.74) is 2.79. The fourth-order valence-corrected chi connectivity index (χ4v) is 1.94. The van der Waals surface area contributed by atoms with Crippen molar-refractivity contribution in [2.24, 2.45) is 0 Å². The Morgan fingerprint density at radius 1 is 1.00 bits per heavy atom. The molecule has 92 valence electrons. The maximum atomic E-state index is 10.8. The zero-order valence-corrected chi connectivity index (χ0v) is 9.95. The van der Waals surface area contributed by atoms with Crippen LogP contribution in [0.15, 0.2) is 54.9 Å². The minimum Gasteiger partial charge on any atom is -0.477 e. The van der Waals surface area contributed by atoms with E-state index >= 15 is 0 Å². The number of aromatic nitrogens is 2. The number of aromatic carboxylic acids is 1. The van der Waals surface area contributed by atoms with E-state index in [0.29, 0.717) is 0 Å². The van der Waals surface area contributed by atoms with E-state index in [9.17, 15) is 4.79 Å². The average molecular weight is 250 g/mol. The number of hydrogen-bond donors (Lipinski definition) is 1. The molecule has 0 amide bonds. The van der Waals surface area contributed by atoms with Gasteiger partial charge in [0.05, 0.1) is 5.52 Å². The van der Waals surface area contributed by atoms with Crippen LogP contribution in [0.3, 0.4) is 0 Å². The van der Waals surface area contributed by atoms with Gasteiger partial charge in [-0.1, -0.05) is 24.3 Å². The first-order chi connectivity index (χ1) is 9.24. The van der Waals surface area contributed by atoms with Gasteiger partial charge < -0.3 is 5.11 Å². The molecule has 1 aromatic carbocycles. The van der Waals surface area contributed by atoms with Crippen molar-refractivity contribution >= 4 is 16.9 Å². The average Bonchev–Trinajstić information content (AvgIpc) is 2.47. The third-order valence-corrected chi connectivity index (χ3v) is 2.92. The summed E-state index contributed by atoms with van der Waals surface area (Å²) < 4.78 is 0. The Morgan fingerprint density at radius 3 is 2.58 bits per heavy atom. The lowest BCUT2D eigenvalue weighted by Crippen LogP contribution is -1.99. The number of rotatable bonds is 2. The number of carboxylic acid groups (broad SMARTS) is 1. The van der Waals surface area contributed by atoms with Gasteiger partial charge in [0.15, 0.2) is 0 Å². The zero-order chi connectivity index (χ0) is 13.2. The van der Waals surface area contributed by atoms with E-state index in [2.05, 4.69) is 9.97 Å². The second-order valence-electron chi connectivity index (χ2n) is 4.15. The van der Waals surface area contributed by atoms with E-state index in [0.717, 1.165) is 22.0 Å². The van der Waals surface area contributed by atoms with Gasteiger partial charge in [0, 0.05) is 23.3 Å². The predicted octanol–water partition coefficient (Wildman–Crippen LogP) is 3.00. The van der Waals surface area contributed by atoms with Crippen LogP contribution in [0.2, 0.25) is 0 Å². The zero-order valence-electron chi connectivity index (χ0n) is 9.95. The number of nitrogens with zero attached hydrogens (tertiary/aromatic N) is 2. The van der Waals surface area contributed by atoms with Crippen LogP contribution >= 0.6 is 0 Å². The normalized spacial score (nSPS) is 10.5. The Kier molecular flexibility index (Phi) is 2.68. The van der Waals surface area contributed by atoms with Gasteiger partial charge in [0.25, 0.3) is 0 Å². The van der Waals surface area contributed by atoms with Gasteiger partial charge in [-0.25, -0.2) is 9.78 Å². The Labute approximate surface area is 109 Å². The molecule has 0 saturated carbocycles. The van der Waals surface area contributed by atoms with Gasteiger partial charge >= 0.3 is 5.97 Å². The molecule has 3 rings (SSSR count). The van der Waals surface area contributed by atoms with Crippen LogP contribution in [0.4, 0.5) is 0 Å². The van der Waals surface area contributed by atoms with Crippen molar-refractivity contribution in [1.29, 1.82) is 0 Å². The molecule has 0 bridgehead atoms. The highest BCUT2D eigenvalue weighted by molar-refractivity contribution is 5.87. The Balaban J connectivity index is 2.06. The molecule has 1 N–H and O–H groups in total. The van der Waals surface area contributed by atoms with Crippen molar-refractivity contribution in [3.8, 4) is 11.1 Å². The van der Waals surface area contributed by atoms with E-state index in [1.165, 1.54) is 6.07 Å². The molecule has 0 unspecified atom stereocenters. The van der Waals surface area contributed by atoms with Crippen LogP contribution in [-0.2, 0) is 0 Å². The van der Waals surface area contributed by atoms with Gasteiger partial charge in [-0.2, -0.15) is 0 Å². The van der Waals surface area contributed by atoms with Gasteiger partial charge in [0.2, 0.25) is 0 Å². The summed E-state index contributed by atoms with van der Waals surface area (Å²) in [6.07, 6.45) is 3.31. The molecular formula is C15H10N2O2. The molecule has 4 nitrogen and oxygen atoms in total. The highest BCUT2D eigenvalue weighted by Gasteiger charge is 2.05. The maximum absolute atomic E-state index is 10.8. The molecule has 3 aromatic rings. The molecule has 0 fully saturated rings. The summed E-state index contributed by atoms with van der Waals surface area (Å²) in [4.78, 5) is 19.0. The van der Waals surface area contributed by atoms with Crippen molar-refractivity contribution in [3.05, 3.63) is 60.6 Å². The van der Waals surface area contributed by atoms with Gasteiger partial charge in [-0.05, 0) is 23.8 Å². The van der Waals surface area contributed by atoms with Crippen molar-refractivity contribution in [2.45, 2.75) is 0 Å². The quantitative estimate of drug-likeness (QED) is 0.759. The van der Waals surface area contributed by atoms with E-state index in [4.69, 9.17) is 5.11 Å². The van der Waals surface area contributed by atoms with E-state index in [1.54, 1.807) is 18.5 Å². The fourth-order valence-electron chi connectivity index (χ4n) is 1.94. The van der Waals surface area contributed by atoms with Crippen molar-refractivity contribution in [3.63, 3.8) is 0 Å². The Morgan fingerprint density at radius 2 is 1.84 bits per heavy atom. The molecule has 0 saturated heterocycles. The number of fused-ring (bicyclic) bond motifs is 1. The van der Waals surface area contributed by atoms with Crippen LogP contribution in [0, 0.1) is 0 Å². The van der Waals surface area contributed by atoms with Gasteiger partial charge in [-0.15, -0.1) is 0 Å². The molecule has 0 aliphatic carbocycles. The summed E-state index contributed by atoms with van der Waals surface area (Å²) in [7, 11) is 0. The maximum Gasteiger partial charge on any atom is 0.354 e. The Bertz CT molecular complexity index is 751. The summed E-state index contributed by atoms with van der Waals surface area (Å²) in [5.74, 6) is -1.02. The van der Waals surface area contributed by atoms with Crippen LogP contribution in [-0.4, -0.2) is 21.0 Å². The lowest BCUT2D eigenvalue weighted by molar-refractivity contribution is 0.0690. The second kappa shape index (κ2) is 4.49. The standard InChI is InChI=1S/C15H10N2O2/c18-15(19)13-6-5-12(9-17-13)11-4-3-10-2-1-7-16-14(10)8-11/h1-9H,(H,18,19). The van der Waals surface area contributed by atoms with Crippen molar-refractivity contribution < 1.29 is 9.90 Å². The summed E-state index contributed by atoms with van der Waals surface area (Å²) >= 11 is 0. The third kappa shape index (κ3) is 2.15. The highest BCUT2D eigenvalue weighted by Crippen LogP contribution is 2.22. The molecular weight excluding hydrogens is 240 g/mol. The number of carboxylic acids is 1. The second-order valence-corrected chi connectivity index (χ2v) is 4.15. The van der Waals surface area contributed by atoms with Crippen LogP contribution in [0.25, 0.3) is 22.0 Å².